The third kappa shape index (κ3) is 1.44. The fourth-order valence-electron chi connectivity index (χ4n) is 6.34. The van der Waals surface area contributed by atoms with Gasteiger partial charge in [-0.2, -0.15) is 5.10 Å². The number of hydrogen-bond donors (Lipinski definition) is 1. The van der Waals surface area contributed by atoms with Gasteiger partial charge in [0.25, 0.3) is 0 Å². The van der Waals surface area contributed by atoms with E-state index < -0.39 is 0 Å². The Morgan fingerprint density at radius 2 is 1.55 bits per heavy atom. The van der Waals surface area contributed by atoms with E-state index in [-0.39, 0.29) is 0 Å². The number of anilines is 1. The summed E-state index contributed by atoms with van der Waals surface area (Å²) in [6, 6.07) is 0. The maximum Gasteiger partial charge on any atom is 0.148 e. The van der Waals surface area contributed by atoms with E-state index in [1.54, 1.807) is 0 Å². The Kier molecular flexibility index (Phi) is 2.22. The van der Waals surface area contributed by atoms with Crippen LogP contribution in [0.3, 0.4) is 0 Å². The second-order valence-corrected chi connectivity index (χ2v) is 8.07. The molecule has 1 heterocycles. The van der Waals surface area contributed by atoms with Crippen molar-refractivity contribution in [2.75, 3.05) is 5.73 Å². The summed E-state index contributed by atoms with van der Waals surface area (Å²) < 4.78 is 2.46. The zero-order valence-electron chi connectivity index (χ0n) is 12.3. The molecule has 4 saturated carbocycles. The van der Waals surface area contributed by atoms with Gasteiger partial charge in [-0.1, -0.05) is 0 Å². The summed E-state index contributed by atoms with van der Waals surface area (Å²) in [6.45, 7) is 0. The van der Waals surface area contributed by atoms with E-state index in [9.17, 15) is 0 Å². The smallest absolute Gasteiger partial charge is 0.148 e. The molecule has 0 atom stereocenters. The fourth-order valence-corrected chi connectivity index (χ4v) is 6.34. The van der Waals surface area contributed by atoms with Crippen LogP contribution in [-0.4, -0.2) is 9.78 Å². The zero-order valence-corrected chi connectivity index (χ0v) is 12.3. The van der Waals surface area contributed by atoms with Gasteiger partial charge < -0.3 is 5.73 Å². The van der Waals surface area contributed by atoms with E-state index in [2.05, 4.69) is 4.68 Å². The Morgan fingerprint density at radius 1 is 0.950 bits per heavy atom. The first-order valence-corrected chi connectivity index (χ1v) is 8.60. The minimum absolute atomic E-state index is 0.355. The van der Waals surface area contributed by atoms with Gasteiger partial charge in [0.15, 0.2) is 0 Å². The monoisotopic (exact) mass is 271 g/mol. The van der Waals surface area contributed by atoms with Gasteiger partial charge in [0.2, 0.25) is 0 Å². The van der Waals surface area contributed by atoms with Crippen molar-refractivity contribution in [1.82, 2.24) is 9.78 Å². The highest BCUT2D eigenvalue weighted by molar-refractivity contribution is 5.44. The van der Waals surface area contributed by atoms with Gasteiger partial charge in [-0.05, 0) is 82.0 Å². The Balaban J connectivity index is 1.63. The number of aromatic nitrogens is 2. The van der Waals surface area contributed by atoms with Gasteiger partial charge in [-0.15, -0.1) is 0 Å². The van der Waals surface area contributed by atoms with Crippen LogP contribution in [0.15, 0.2) is 0 Å². The summed E-state index contributed by atoms with van der Waals surface area (Å²) in [6.07, 6.45) is 13.6. The van der Waals surface area contributed by atoms with E-state index in [4.69, 9.17) is 10.8 Å². The molecule has 0 radical (unpaired) electrons. The molecular weight excluding hydrogens is 246 g/mol. The van der Waals surface area contributed by atoms with Crippen LogP contribution in [0.25, 0.3) is 0 Å². The number of rotatable bonds is 1. The summed E-state index contributed by atoms with van der Waals surface area (Å²) in [5.41, 5.74) is 9.51. The molecule has 0 unspecified atom stereocenters. The number of hydrogen-bond acceptors (Lipinski definition) is 2. The minimum Gasteiger partial charge on any atom is -0.382 e. The van der Waals surface area contributed by atoms with Crippen molar-refractivity contribution >= 4 is 5.82 Å². The van der Waals surface area contributed by atoms with Gasteiger partial charge in [0.05, 0.1) is 5.54 Å². The van der Waals surface area contributed by atoms with E-state index in [0.717, 1.165) is 30.0 Å². The van der Waals surface area contributed by atoms with Crippen LogP contribution in [-0.2, 0) is 18.4 Å². The summed E-state index contributed by atoms with van der Waals surface area (Å²) in [7, 11) is 0. The van der Waals surface area contributed by atoms with Crippen molar-refractivity contribution in [3.63, 3.8) is 0 Å². The third-order valence-corrected chi connectivity index (χ3v) is 6.67. The molecule has 4 fully saturated rings. The zero-order chi connectivity index (χ0) is 13.3. The molecule has 2 N–H and O–H groups in total. The molecule has 6 rings (SSSR count). The second kappa shape index (κ2) is 3.80. The van der Waals surface area contributed by atoms with Crippen molar-refractivity contribution < 1.29 is 0 Å². The van der Waals surface area contributed by atoms with Crippen LogP contribution in [0.2, 0.25) is 0 Å². The van der Waals surface area contributed by atoms with Crippen molar-refractivity contribution in [3.05, 3.63) is 11.3 Å². The van der Waals surface area contributed by atoms with Crippen LogP contribution < -0.4 is 5.73 Å². The molecule has 4 bridgehead atoms. The highest BCUT2D eigenvalue weighted by atomic mass is 15.4. The molecule has 1 aromatic heterocycles. The lowest BCUT2D eigenvalue weighted by Gasteiger charge is -2.57. The highest BCUT2D eigenvalue weighted by Crippen LogP contribution is 2.59. The molecule has 20 heavy (non-hydrogen) atoms. The van der Waals surface area contributed by atoms with E-state index in [0.29, 0.717) is 5.54 Å². The van der Waals surface area contributed by atoms with E-state index >= 15 is 0 Å². The Bertz CT molecular complexity index is 522. The van der Waals surface area contributed by atoms with Crippen LogP contribution in [0, 0.1) is 17.8 Å². The molecule has 1 aromatic rings. The molecule has 0 spiro atoms. The van der Waals surface area contributed by atoms with Crippen LogP contribution in [0.4, 0.5) is 5.82 Å². The molecule has 108 valence electrons. The average molecular weight is 271 g/mol. The molecule has 0 saturated heterocycles. The Labute approximate surface area is 120 Å². The van der Waals surface area contributed by atoms with E-state index in [1.165, 1.54) is 69.0 Å². The maximum atomic E-state index is 6.25. The van der Waals surface area contributed by atoms with E-state index in [1.807, 2.05) is 0 Å². The van der Waals surface area contributed by atoms with Gasteiger partial charge in [0, 0.05) is 11.3 Å². The first-order chi connectivity index (χ1) is 9.73. The highest BCUT2D eigenvalue weighted by Gasteiger charge is 2.53. The van der Waals surface area contributed by atoms with Crippen LogP contribution in [0.1, 0.15) is 62.6 Å². The molecule has 5 aliphatic rings. The first-order valence-electron chi connectivity index (χ1n) is 8.60. The fraction of sp³-hybridized carbons (Fsp3) is 0.824. The number of fused-ring (bicyclic) bond motifs is 1. The quantitative estimate of drug-likeness (QED) is 0.852. The summed E-state index contributed by atoms with van der Waals surface area (Å²) >= 11 is 0. The second-order valence-electron chi connectivity index (χ2n) is 8.07. The molecule has 3 nitrogen and oxygen atoms in total. The molecular formula is C17H25N3. The first kappa shape index (κ1) is 11.6. The normalized spacial score (nSPS) is 41.9. The third-order valence-electron chi connectivity index (χ3n) is 6.67. The summed E-state index contributed by atoms with van der Waals surface area (Å²) in [5, 5.41) is 4.88. The molecule has 5 aliphatic carbocycles. The van der Waals surface area contributed by atoms with Crippen molar-refractivity contribution in [2.45, 2.75) is 69.7 Å². The maximum absolute atomic E-state index is 6.25. The van der Waals surface area contributed by atoms with Crippen molar-refractivity contribution in [3.8, 4) is 0 Å². The van der Waals surface area contributed by atoms with Crippen LogP contribution in [0.5, 0.6) is 0 Å². The standard InChI is InChI=1S/C17H25N3/c18-16-14-3-1-2-4-15(14)20(19-16)17-8-11-5-12(9-17)7-13(6-11)10-17/h11-13H,1-10H2,(H2,18,19). The van der Waals surface area contributed by atoms with Gasteiger partial charge in [-0.25, -0.2) is 0 Å². The lowest BCUT2D eigenvalue weighted by atomic mass is 9.53. The topological polar surface area (TPSA) is 43.8 Å². The molecule has 0 aliphatic heterocycles. The predicted octanol–water partition coefficient (Wildman–Crippen LogP) is 3.27. The SMILES string of the molecule is Nc1nn(C23CC4CC(CC(C4)C2)C3)c2c1CCCC2. The van der Waals surface area contributed by atoms with Crippen LogP contribution >= 0.6 is 0 Å². The number of nitrogens with two attached hydrogens (primary N) is 1. The molecule has 0 amide bonds. The van der Waals surface area contributed by atoms with Crippen molar-refractivity contribution in [1.29, 1.82) is 0 Å². The largest absolute Gasteiger partial charge is 0.382 e. The van der Waals surface area contributed by atoms with Gasteiger partial charge >= 0.3 is 0 Å². The lowest BCUT2D eigenvalue weighted by Crippen LogP contribution is -2.52. The predicted molar refractivity (Wildman–Crippen MR) is 79.4 cm³/mol. The Morgan fingerprint density at radius 3 is 2.20 bits per heavy atom. The van der Waals surface area contributed by atoms with Crippen molar-refractivity contribution in [2.24, 2.45) is 17.8 Å². The molecule has 0 aromatic carbocycles. The lowest BCUT2D eigenvalue weighted by molar-refractivity contribution is -0.0507. The summed E-state index contributed by atoms with van der Waals surface area (Å²) in [4.78, 5) is 0. The summed E-state index contributed by atoms with van der Waals surface area (Å²) in [5.74, 6) is 3.78. The van der Waals surface area contributed by atoms with Gasteiger partial charge in [0.1, 0.15) is 5.82 Å². The molecule has 3 heteroatoms. The average Bonchev–Trinajstić information content (AvgIpc) is 2.76. The minimum atomic E-state index is 0.355. The number of nitrogen functional groups attached to an aromatic ring is 1. The Hall–Kier alpha value is -0.990. The van der Waals surface area contributed by atoms with Gasteiger partial charge in [-0.3, -0.25) is 4.68 Å². The number of nitrogens with zero attached hydrogens (tertiary/aromatic N) is 2.